The number of nitrogens with zero attached hydrogens (tertiary/aromatic N) is 1. The van der Waals surface area contributed by atoms with E-state index in [1.165, 1.54) is 17.0 Å². The smallest absolute Gasteiger partial charge is 0.309 e. The van der Waals surface area contributed by atoms with Crippen molar-refractivity contribution in [2.75, 3.05) is 32.0 Å². The molecule has 37 heavy (non-hydrogen) atoms. The highest BCUT2D eigenvalue weighted by molar-refractivity contribution is 6.33. The molecule has 2 aromatic rings. The molecule has 198 valence electrons. The molecule has 0 aromatic heterocycles. The molecule has 2 aromatic carbocycles. The summed E-state index contributed by atoms with van der Waals surface area (Å²) < 4.78 is 26.2. The van der Waals surface area contributed by atoms with Crippen molar-refractivity contribution < 1.29 is 28.2 Å². The van der Waals surface area contributed by atoms with E-state index in [-0.39, 0.29) is 37.4 Å². The average Bonchev–Trinajstić information content (AvgIpc) is 3.13. The molecule has 0 aliphatic carbocycles. The van der Waals surface area contributed by atoms with E-state index < -0.39 is 23.5 Å². The Hall–Kier alpha value is -3.17. The average molecular weight is 532 g/mol. The fourth-order valence-electron chi connectivity index (χ4n) is 4.60. The maximum absolute atomic E-state index is 14.9. The molecule has 0 atom stereocenters. The van der Waals surface area contributed by atoms with E-state index in [2.05, 4.69) is 10.6 Å². The van der Waals surface area contributed by atoms with Gasteiger partial charge in [0.25, 0.3) is 11.7 Å². The molecule has 4 rings (SSSR count). The first-order chi connectivity index (χ1) is 17.7. The van der Waals surface area contributed by atoms with Crippen LogP contribution in [0.2, 0.25) is 5.02 Å². The first kappa shape index (κ1) is 26.9. The lowest BCUT2D eigenvalue weighted by Gasteiger charge is -2.32. The number of fused-ring (bicyclic) bond motifs is 2. The van der Waals surface area contributed by atoms with Crippen LogP contribution in [-0.4, -0.2) is 49.4 Å². The van der Waals surface area contributed by atoms with Gasteiger partial charge in [0.15, 0.2) is 0 Å². The van der Waals surface area contributed by atoms with Gasteiger partial charge in [-0.3, -0.25) is 14.4 Å². The number of nitrogens with one attached hydrogen (secondary N) is 2. The van der Waals surface area contributed by atoms with Crippen LogP contribution in [0.3, 0.4) is 0 Å². The number of ether oxygens (including phenoxy) is 2. The monoisotopic (exact) mass is 531 g/mol. The number of anilines is 1. The van der Waals surface area contributed by atoms with Crippen molar-refractivity contribution in [1.29, 1.82) is 0 Å². The highest BCUT2D eigenvalue weighted by Crippen LogP contribution is 2.40. The number of hydrogen-bond donors (Lipinski definition) is 2. The highest BCUT2D eigenvalue weighted by atomic mass is 35.5. The number of hydrogen-bond acceptors (Lipinski definition) is 7. The summed E-state index contributed by atoms with van der Waals surface area (Å²) in [7, 11) is 1.67. The lowest BCUT2D eigenvalue weighted by Crippen LogP contribution is -2.43. The van der Waals surface area contributed by atoms with Crippen molar-refractivity contribution in [3.8, 4) is 0 Å². The van der Waals surface area contributed by atoms with Crippen molar-refractivity contribution in [1.82, 2.24) is 10.2 Å². The molecule has 0 radical (unpaired) electrons. The van der Waals surface area contributed by atoms with E-state index in [4.69, 9.17) is 21.1 Å². The number of rotatable bonds is 7. The Labute approximate surface area is 220 Å². The Balaban J connectivity index is 1.59. The third kappa shape index (κ3) is 5.88. The molecule has 0 saturated carbocycles. The largest absolute Gasteiger partial charge is 0.416 e. The van der Waals surface area contributed by atoms with E-state index in [9.17, 15) is 18.8 Å². The second-order valence-electron chi connectivity index (χ2n) is 9.32. The summed E-state index contributed by atoms with van der Waals surface area (Å²) in [5.41, 5.74) is 2.50. The highest BCUT2D eigenvalue weighted by Gasteiger charge is 2.46. The minimum atomic E-state index is -1.59. The minimum absolute atomic E-state index is 0.0268. The van der Waals surface area contributed by atoms with Gasteiger partial charge in [0.05, 0.1) is 35.7 Å². The third-order valence-electron chi connectivity index (χ3n) is 6.60. The van der Waals surface area contributed by atoms with Gasteiger partial charge < -0.3 is 25.0 Å². The Morgan fingerprint density at radius 3 is 2.57 bits per heavy atom. The molecule has 2 N–H and O–H groups in total. The topological polar surface area (TPSA) is 97.0 Å². The van der Waals surface area contributed by atoms with Crippen LogP contribution >= 0.6 is 11.6 Å². The van der Waals surface area contributed by atoms with Crippen molar-refractivity contribution in [3.05, 3.63) is 63.4 Å². The minimum Gasteiger partial charge on any atom is -0.416 e. The molecule has 2 aliphatic rings. The summed E-state index contributed by atoms with van der Waals surface area (Å²) in [6.45, 7) is 3.48. The number of benzene rings is 2. The summed E-state index contributed by atoms with van der Waals surface area (Å²) in [6, 6.07) is 7.88. The fourth-order valence-corrected chi connectivity index (χ4v) is 4.84. The van der Waals surface area contributed by atoms with Crippen LogP contribution in [-0.2, 0) is 37.8 Å². The third-order valence-corrected chi connectivity index (χ3v) is 6.91. The van der Waals surface area contributed by atoms with Crippen LogP contribution in [0.25, 0.3) is 0 Å². The van der Waals surface area contributed by atoms with E-state index in [0.29, 0.717) is 41.3 Å². The zero-order valence-corrected chi connectivity index (χ0v) is 21.8. The summed E-state index contributed by atoms with van der Waals surface area (Å²) in [6.07, 6.45) is 2.23. The molecular weight excluding hydrogens is 501 g/mol. The SMILES string of the molecule is CCCCN(C)C(=O)c1ccc(CNc2c(Cl)ccc3c2CCNCC32OC(=O)CCC(=O)O2)cc1F. The Morgan fingerprint density at radius 1 is 1.16 bits per heavy atom. The molecule has 10 heteroatoms. The number of esters is 2. The normalized spacial score (nSPS) is 16.8. The first-order valence-electron chi connectivity index (χ1n) is 12.5. The second kappa shape index (κ2) is 11.5. The van der Waals surface area contributed by atoms with Gasteiger partial charge in [-0.15, -0.1) is 0 Å². The van der Waals surface area contributed by atoms with Gasteiger partial charge in [-0.05, 0) is 54.8 Å². The summed E-state index contributed by atoms with van der Waals surface area (Å²) in [5.74, 6) is -3.57. The van der Waals surface area contributed by atoms with Gasteiger partial charge in [0.2, 0.25) is 0 Å². The van der Waals surface area contributed by atoms with Crippen molar-refractivity contribution in [2.45, 2.75) is 51.4 Å². The van der Waals surface area contributed by atoms with Crippen molar-refractivity contribution in [2.24, 2.45) is 0 Å². The summed E-state index contributed by atoms with van der Waals surface area (Å²) in [4.78, 5) is 38.7. The van der Waals surface area contributed by atoms with Crippen molar-refractivity contribution >= 4 is 35.1 Å². The molecule has 1 fully saturated rings. The lowest BCUT2D eigenvalue weighted by atomic mass is 9.96. The maximum Gasteiger partial charge on any atom is 0.309 e. The van der Waals surface area contributed by atoms with Crippen LogP contribution in [0.1, 0.15) is 59.7 Å². The molecule has 2 heterocycles. The quantitative estimate of drug-likeness (QED) is 0.518. The number of halogens is 2. The Morgan fingerprint density at radius 2 is 1.89 bits per heavy atom. The van der Waals surface area contributed by atoms with Crippen LogP contribution in [0, 0.1) is 5.82 Å². The summed E-state index contributed by atoms with van der Waals surface area (Å²) in [5, 5.41) is 6.87. The van der Waals surface area contributed by atoms with Gasteiger partial charge in [-0.25, -0.2) is 4.39 Å². The van der Waals surface area contributed by atoms with Crippen LogP contribution < -0.4 is 10.6 Å². The molecule has 1 saturated heterocycles. The molecule has 0 unspecified atom stereocenters. The van der Waals surface area contributed by atoms with E-state index in [0.717, 1.165) is 18.4 Å². The van der Waals surface area contributed by atoms with Gasteiger partial charge in [0, 0.05) is 25.7 Å². The molecule has 2 aliphatic heterocycles. The lowest BCUT2D eigenvalue weighted by molar-refractivity contribution is -0.225. The van der Waals surface area contributed by atoms with Crippen LogP contribution in [0.5, 0.6) is 0 Å². The van der Waals surface area contributed by atoms with Gasteiger partial charge >= 0.3 is 11.9 Å². The fraction of sp³-hybridized carbons (Fsp3) is 0.444. The zero-order chi connectivity index (χ0) is 26.6. The Bertz CT molecular complexity index is 1190. The number of carbonyl (C=O) groups excluding carboxylic acids is 3. The Kier molecular flexibility index (Phi) is 8.34. The van der Waals surface area contributed by atoms with Gasteiger partial charge in [0.1, 0.15) is 5.82 Å². The standard InChI is InChI=1S/C27H31ClFN3O5/c1-3-4-13-32(2)26(35)19-6-5-17(14-22(19)29)15-31-25-18-11-12-30-16-27(20(18)7-8-21(25)28)36-23(33)9-10-24(34)37-27/h5-8,14,30-31H,3-4,9-13,15-16H2,1-2H3. The summed E-state index contributed by atoms with van der Waals surface area (Å²) >= 11 is 6.55. The molecule has 0 bridgehead atoms. The maximum atomic E-state index is 14.9. The van der Waals surface area contributed by atoms with Crippen LogP contribution in [0.15, 0.2) is 30.3 Å². The molecule has 8 nitrogen and oxygen atoms in total. The van der Waals surface area contributed by atoms with E-state index in [1.54, 1.807) is 25.2 Å². The number of amides is 1. The predicted octanol–water partition coefficient (Wildman–Crippen LogP) is 4.14. The molecular formula is C27H31ClFN3O5. The van der Waals surface area contributed by atoms with E-state index >= 15 is 0 Å². The first-order valence-corrected chi connectivity index (χ1v) is 12.9. The van der Waals surface area contributed by atoms with E-state index in [1.807, 2.05) is 6.92 Å². The molecule has 1 spiro atoms. The number of unbranched alkanes of at least 4 members (excludes halogenated alkanes) is 1. The number of carbonyl (C=O) groups is 3. The van der Waals surface area contributed by atoms with Gasteiger partial charge in [-0.2, -0.15) is 0 Å². The van der Waals surface area contributed by atoms with Crippen LogP contribution in [0.4, 0.5) is 10.1 Å². The van der Waals surface area contributed by atoms with Crippen molar-refractivity contribution in [3.63, 3.8) is 0 Å². The van der Waals surface area contributed by atoms with Gasteiger partial charge in [-0.1, -0.05) is 31.0 Å². The zero-order valence-electron chi connectivity index (χ0n) is 21.0. The predicted molar refractivity (Wildman–Crippen MR) is 137 cm³/mol. The molecule has 1 amide bonds. The second-order valence-corrected chi connectivity index (χ2v) is 9.73.